The van der Waals surface area contributed by atoms with Crippen LogP contribution < -0.4 is 0 Å². The highest BCUT2D eigenvalue weighted by molar-refractivity contribution is 5.79. The first-order valence-corrected chi connectivity index (χ1v) is 9.20. The van der Waals surface area contributed by atoms with Crippen molar-refractivity contribution in [3.63, 3.8) is 0 Å². The van der Waals surface area contributed by atoms with E-state index in [-0.39, 0.29) is 11.7 Å². The van der Waals surface area contributed by atoms with Gasteiger partial charge in [0.2, 0.25) is 5.91 Å². The van der Waals surface area contributed by atoms with Gasteiger partial charge in [0.1, 0.15) is 17.7 Å². The van der Waals surface area contributed by atoms with Crippen LogP contribution in [0, 0.1) is 12.7 Å². The molecule has 140 valence electrons. The van der Waals surface area contributed by atoms with E-state index in [1.54, 1.807) is 23.1 Å². The second kappa shape index (κ2) is 7.48. The number of hydrogen-bond acceptors (Lipinski definition) is 3. The summed E-state index contributed by atoms with van der Waals surface area (Å²) < 4.78 is 19.7. The fraction of sp³-hybridized carbons (Fsp3) is 0.333. The summed E-state index contributed by atoms with van der Waals surface area (Å²) in [6, 6.07) is 12.6. The number of fused-ring (bicyclic) bond motifs is 1. The van der Waals surface area contributed by atoms with Gasteiger partial charge in [0, 0.05) is 24.9 Å². The lowest BCUT2D eigenvalue weighted by Gasteiger charge is -2.33. The zero-order chi connectivity index (χ0) is 18.8. The Kier molecular flexibility index (Phi) is 4.90. The number of nitrogens with one attached hydrogen (secondary N) is 1. The molecule has 0 spiro atoms. The molecule has 1 unspecified atom stereocenters. The van der Waals surface area contributed by atoms with E-state index in [2.05, 4.69) is 9.97 Å². The second-order valence-corrected chi connectivity index (χ2v) is 6.88. The second-order valence-electron chi connectivity index (χ2n) is 6.88. The Bertz CT molecular complexity index is 969. The summed E-state index contributed by atoms with van der Waals surface area (Å²) in [6.45, 7) is 3.34. The van der Waals surface area contributed by atoms with E-state index < -0.39 is 6.10 Å². The van der Waals surface area contributed by atoms with Crippen LogP contribution in [-0.2, 0) is 16.0 Å². The molecule has 27 heavy (non-hydrogen) atoms. The number of aryl methyl sites for hydroxylation is 2. The van der Waals surface area contributed by atoms with Gasteiger partial charge in [0.15, 0.2) is 0 Å². The number of nitrogens with zero attached hydrogens (tertiary/aromatic N) is 2. The van der Waals surface area contributed by atoms with Gasteiger partial charge in [0.25, 0.3) is 0 Å². The first-order chi connectivity index (χ1) is 13.1. The van der Waals surface area contributed by atoms with Crippen molar-refractivity contribution < 1.29 is 13.9 Å². The summed E-state index contributed by atoms with van der Waals surface area (Å²) in [4.78, 5) is 22.3. The van der Waals surface area contributed by atoms with E-state index in [0.29, 0.717) is 38.1 Å². The van der Waals surface area contributed by atoms with Crippen LogP contribution in [0.25, 0.3) is 11.0 Å². The van der Waals surface area contributed by atoms with Gasteiger partial charge in [-0.2, -0.15) is 0 Å². The number of aromatic amines is 1. The summed E-state index contributed by atoms with van der Waals surface area (Å²) in [5, 5.41) is 0. The predicted octanol–water partition coefficient (Wildman–Crippen LogP) is 3.54. The molecule has 4 rings (SSSR count). The average molecular weight is 367 g/mol. The topological polar surface area (TPSA) is 58.2 Å². The Balaban J connectivity index is 1.40. The summed E-state index contributed by atoms with van der Waals surface area (Å²) in [7, 11) is 0. The Morgan fingerprint density at radius 3 is 2.96 bits per heavy atom. The van der Waals surface area contributed by atoms with Crippen LogP contribution in [0.2, 0.25) is 0 Å². The Hall–Kier alpha value is -2.73. The highest BCUT2D eigenvalue weighted by Gasteiger charge is 2.27. The highest BCUT2D eigenvalue weighted by Crippen LogP contribution is 2.25. The van der Waals surface area contributed by atoms with Crippen molar-refractivity contribution in [2.24, 2.45) is 0 Å². The van der Waals surface area contributed by atoms with Gasteiger partial charge in [0.05, 0.1) is 24.2 Å². The number of para-hydroxylation sites is 1. The molecule has 6 heteroatoms. The van der Waals surface area contributed by atoms with E-state index in [4.69, 9.17) is 4.74 Å². The van der Waals surface area contributed by atoms with E-state index in [9.17, 15) is 9.18 Å². The fourth-order valence-corrected chi connectivity index (χ4v) is 3.53. The number of imidazole rings is 1. The minimum Gasteiger partial charge on any atom is -0.370 e. The summed E-state index contributed by atoms with van der Waals surface area (Å²) in [6.07, 6.45) is 0.495. The summed E-state index contributed by atoms with van der Waals surface area (Å²) >= 11 is 0. The molecule has 1 N–H and O–H groups in total. The van der Waals surface area contributed by atoms with Gasteiger partial charge in [-0.25, -0.2) is 9.37 Å². The number of rotatable bonds is 4. The van der Waals surface area contributed by atoms with Crippen molar-refractivity contribution in [1.82, 2.24) is 14.9 Å². The van der Waals surface area contributed by atoms with Crippen molar-refractivity contribution in [2.75, 3.05) is 19.7 Å². The van der Waals surface area contributed by atoms with Crippen molar-refractivity contribution in [3.8, 4) is 0 Å². The van der Waals surface area contributed by atoms with Gasteiger partial charge in [-0.1, -0.05) is 30.3 Å². The minimum absolute atomic E-state index is 0.0387. The van der Waals surface area contributed by atoms with Gasteiger partial charge < -0.3 is 14.6 Å². The standard InChI is InChI=1S/C21H22FN3O2/c1-14-5-4-8-17-21(14)24-19(23-17)9-10-20(26)25-11-12-27-18(13-25)15-6-2-3-7-16(15)22/h2-8,18H,9-13H2,1H3,(H,23,24). The maximum Gasteiger partial charge on any atom is 0.223 e. The van der Waals surface area contributed by atoms with Crippen molar-refractivity contribution in [1.29, 1.82) is 0 Å². The molecule has 1 aliphatic rings. The molecule has 1 atom stereocenters. The van der Waals surface area contributed by atoms with E-state index in [1.165, 1.54) is 6.07 Å². The third kappa shape index (κ3) is 3.71. The molecule has 1 aliphatic heterocycles. The van der Waals surface area contributed by atoms with E-state index >= 15 is 0 Å². The Morgan fingerprint density at radius 1 is 1.30 bits per heavy atom. The number of ether oxygens (including phenoxy) is 1. The molecular formula is C21H22FN3O2. The number of amides is 1. The lowest BCUT2D eigenvalue weighted by molar-refractivity contribution is -0.139. The first kappa shape index (κ1) is 17.7. The number of morpholine rings is 1. The third-order valence-corrected chi connectivity index (χ3v) is 5.01. The Labute approximate surface area is 157 Å². The maximum absolute atomic E-state index is 14.0. The van der Waals surface area contributed by atoms with Crippen LogP contribution in [-0.4, -0.2) is 40.5 Å². The molecule has 0 aliphatic carbocycles. The summed E-state index contributed by atoms with van der Waals surface area (Å²) in [5.41, 5.74) is 3.55. The van der Waals surface area contributed by atoms with E-state index in [1.807, 2.05) is 25.1 Å². The van der Waals surface area contributed by atoms with Crippen molar-refractivity contribution in [2.45, 2.75) is 25.9 Å². The maximum atomic E-state index is 14.0. The fourth-order valence-electron chi connectivity index (χ4n) is 3.53. The molecule has 2 heterocycles. The number of carbonyl (C=O) groups excluding carboxylic acids is 1. The molecule has 1 saturated heterocycles. The number of H-pyrrole nitrogens is 1. The largest absolute Gasteiger partial charge is 0.370 e. The molecule has 3 aromatic rings. The van der Waals surface area contributed by atoms with E-state index in [0.717, 1.165) is 22.4 Å². The van der Waals surface area contributed by atoms with Crippen molar-refractivity contribution in [3.05, 3.63) is 65.2 Å². The van der Waals surface area contributed by atoms with Gasteiger partial charge in [-0.15, -0.1) is 0 Å². The van der Waals surface area contributed by atoms with Crippen LogP contribution in [0.3, 0.4) is 0 Å². The number of hydrogen-bond donors (Lipinski definition) is 1. The van der Waals surface area contributed by atoms with Gasteiger partial charge in [-0.05, 0) is 24.6 Å². The SMILES string of the molecule is Cc1cccc2[nH]c(CCC(=O)N3CCOC(c4ccccc4F)C3)nc12. The van der Waals surface area contributed by atoms with Gasteiger partial charge >= 0.3 is 0 Å². The van der Waals surface area contributed by atoms with Gasteiger partial charge in [-0.3, -0.25) is 4.79 Å². The number of aromatic nitrogens is 2. The average Bonchev–Trinajstić information content (AvgIpc) is 3.11. The number of carbonyl (C=O) groups is 1. The quantitative estimate of drug-likeness (QED) is 0.767. The highest BCUT2D eigenvalue weighted by atomic mass is 19.1. The lowest BCUT2D eigenvalue weighted by Crippen LogP contribution is -2.42. The number of halogens is 1. The van der Waals surface area contributed by atoms with Crippen LogP contribution in [0.15, 0.2) is 42.5 Å². The monoisotopic (exact) mass is 367 g/mol. The molecule has 0 saturated carbocycles. The smallest absolute Gasteiger partial charge is 0.223 e. The first-order valence-electron chi connectivity index (χ1n) is 9.20. The van der Waals surface area contributed by atoms with Crippen molar-refractivity contribution >= 4 is 16.9 Å². The zero-order valence-electron chi connectivity index (χ0n) is 15.2. The molecule has 5 nitrogen and oxygen atoms in total. The molecule has 0 radical (unpaired) electrons. The summed E-state index contributed by atoms with van der Waals surface area (Å²) in [5.74, 6) is 0.554. The zero-order valence-corrected chi connectivity index (χ0v) is 15.2. The third-order valence-electron chi connectivity index (χ3n) is 5.01. The Morgan fingerprint density at radius 2 is 2.15 bits per heavy atom. The molecular weight excluding hydrogens is 345 g/mol. The molecule has 1 fully saturated rings. The van der Waals surface area contributed by atoms with Crippen LogP contribution in [0.5, 0.6) is 0 Å². The predicted molar refractivity (Wildman–Crippen MR) is 101 cm³/mol. The molecule has 1 amide bonds. The molecule has 2 aromatic carbocycles. The van der Waals surface area contributed by atoms with Crippen LogP contribution >= 0.6 is 0 Å². The van der Waals surface area contributed by atoms with Crippen LogP contribution in [0.4, 0.5) is 4.39 Å². The lowest BCUT2D eigenvalue weighted by atomic mass is 10.1. The minimum atomic E-state index is -0.419. The normalized spacial score (nSPS) is 17.4. The number of benzene rings is 2. The molecule has 1 aromatic heterocycles. The molecule has 0 bridgehead atoms. The van der Waals surface area contributed by atoms with Crippen LogP contribution in [0.1, 0.15) is 29.5 Å².